The number of nitrogens with zero attached hydrogens (tertiary/aromatic N) is 2. The molecule has 1 aliphatic rings. The Morgan fingerprint density at radius 2 is 2.08 bits per heavy atom. The minimum Gasteiger partial charge on any atom is -0.355 e. The second-order valence-electron chi connectivity index (χ2n) is 6.23. The van der Waals surface area contributed by atoms with Crippen LogP contribution in [-0.2, 0) is 4.79 Å². The Balaban J connectivity index is 1.54. The lowest BCUT2D eigenvalue weighted by molar-refractivity contribution is -0.120. The number of carbonyl (C=O) groups excluding carboxylic acids is 1. The number of amides is 1. The fraction of sp³-hybridized carbons (Fsp3) is 0.471. The molecule has 6 nitrogen and oxygen atoms in total. The van der Waals surface area contributed by atoms with Crippen LogP contribution in [0.25, 0.3) is 0 Å². The number of H-pyrrole nitrogens is 1. The number of hydrogen-bond donors (Lipinski definition) is 2. The first-order chi connectivity index (χ1) is 11.6. The molecule has 3 rings (SSSR count). The topological polar surface area (TPSA) is 79.8 Å². The molecular formula is C17H22N4O2S. The third-order valence-electron chi connectivity index (χ3n) is 4.19. The van der Waals surface area contributed by atoms with Crippen molar-refractivity contribution >= 4 is 17.7 Å². The number of aromatic nitrogens is 3. The molecule has 1 aliphatic carbocycles. The number of thioether (sulfide) groups is 1. The molecule has 7 heteroatoms. The van der Waals surface area contributed by atoms with Gasteiger partial charge in [-0.15, -0.1) is 5.10 Å². The summed E-state index contributed by atoms with van der Waals surface area (Å²) in [5.41, 5.74) is 1.01. The minimum absolute atomic E-state index is 0.0411. The molecule has 2 aromatic rings. The first-order valence-corrected chi connectivity index (χ1v) is 9.10. The van der Waals surface area contributed by atoms with Crippen LogP contribution >= 0.6 is 11.8 Å². The van der Waals surface area contributed by atoms with E-state index in [2.05, 4.69) is 34.6 Å². The van der Waals surface area contributed by atoms with Gasteiger partial charge in [-0.3, -0.25) is 9.36 Å². The van der Waals surface area contributed by atoms with Gasteiger partial charge < -0.3 is 5.32 Å². The van der Waals surface area contributed by atoms with Crippen LogP contribution in [0.1, 0.15) is 44.2 Å². The lowest BCUT2D eigenvalue weighted by Crippen LogP contribution is -2.33. The highest BCUT2D eigenvalue weighted by atomic mass is 32.2. The van der Waals surface area contributed by atoms with Crippen LogP contribution in [0.3, 0.4) is 0 Å². The van der Waals surface area contributed by atoms with E-state index in [-0.39, 0.29) is 28.8 Å². The Bertz CT molecular complexity index is 751. The van der Waals surface area contributed by atoms with Crippen LogP contribution in [0.5, 0.6) is 0 Å². The van der Waals surface area contributed by atoms with E-state index < -0.39 is 0 Å². The van der Waals surface area contributed by atoms with Crippen molar-refractivity contribution in [1.82, 2.24) is 20.1 Å². The molecular weight excluding hydrogens is 324 g/mol. The Morgan fingerprint density at radius 1 is 1.38 bits per heavy atom. The van der Waals surface area contributed by atoms with Gasteiger partial charge in [0.15, 0.2) is 5.16 Å². The number of nitrogens with one attached hydrogen (secondary N) is 2. The highest BCUT2D eigenvalue weighted by molar-refractivity contribution is 8.00. The zero-order chi connectivity index (χ0) is 17.1. The van der Waals surface area contributed by atoms with Crippen LogP contribution in [0.15, 0.2) is 40.3 Å². The SMILES string of the molecule is C[C@H](Sc1n[nH]c(=O)n1C1CC1)C(=O)NC[C@@H](C)c1ccccc1. The summed E-state index contributed by atoms with van der Waals surface area (Å²) in [5, 5.41) is 9.81. The summed E-state index contributed by atoms with van der Waals surface area (Å²) < 4.78 is 1.67. The molecule has 0 bridgehead atoms. The number of benzene rings is 1. The first-order valence-electron chi connectivity index (χ1n) is 8.22. The number of carbonyl (C=O) groups is 1. The number of hydrogen-bond acceptors (Lipinski definition) is 4. The van der Waals surface area contributed by atoms with E-state index in [9.17, 15) is 9.59 Å². The Morgan fingerprint density at radius 3 is 2.75 bits per heavy atom. The van der Waals surface area contributed by atoms with E-state index >= 15 is 0 Å². The normalized spacial score (nSPS) is 16.6. The van der Waals surface area contributed by atoms with Crippen molar-refractivity contribution < 1.29 is 4.79 Å². The van der Waals surface area contributed by atoms with E-state index in [4.69, 9.17) is 0 Å². The molecule has 1 aromatic heterocycles. The maximum Gasteiger partial charge on any atom is 0.344 e. The molecule has 1 heterocycles. The van der Waals surface area contributed by atoms with Crippen molar-refractivity contribution in [2.24, 2.45) is 0 Å². The molecule has 2 N–H and O–H groups in total. The summed E-state index contributed by atoms with van der Waals surface area (Å²) in [6.45, 7) is 4.51. The molecule has 1 amide bonds. The fourth-order valence-corrected chi connectivity index (χ4v) is 3.49. The third kappa shape index (κ3) is 3.90. The zero-order valence-corrected chi connectivity index (χ0v) is 14.7. The molecule has 0 unspecified atom stereocenters. The van der Waals surface area contributed by atoms with Crippen molar-refractivity contribution in [1.29, 1.82) is 0 Å². The lowest BCUT2D eigenvalue weighted by Gasteiger charge is -2.16. The highest BCUT2D eigenvalue weighted by Gasteiger charge is 2.30. The number of rotatable bonds is 7. The summed E-state index contributed by atoms with van der Waals surface area (Å²) in [6, 6.07) is 10.4. The van der Waals surface area contributed by atoms with E-state index in [1.54, 1.807) is 4.57 Å². The van der Waals surface area contributed by atoms with Gasteiger partial charge in [0, 0.05) is 12.6 Å². The quantitative estimate of drug-likeness (QED) is 0.754. The predicted octanol–water partition coefficient (Wildman–Crippen LogP) is 2.31. The summed E-state index contributed by atoms with van der Waals surface area (Å²) >= 11 is 1.32. The van der Waals surface area contributed by atoms with Gasteiger partial charge in [0.1, 0.15) is 0 Å². The molecule has 24 heavy (non-hydrogen) atoms. The average molecular weight is 346 g/mol. The Kier molecular flexibility index (Phi) is 5.08. The molecule has 1 fully saturated rings. The van der Waals surface area contributed by atoms with Gasteiger partial charge in [-0.25, -0.2) is 9.89 Å². The maximum atomic E-state index is 12.3. The van der Waals surface area contributed by atoms with Crippen LogP contribution in [0.4, 0.5) is 0 Å². The Labute approximate surface area is 145 Å². The monoisotopic (exact) mass is 346 g/mol. The molecule has 2 atom stereocenters. The smallest absolute Gasteiger partial charge is 0.344 e. The number of aromatic amines is 1. The third-order valence-corrected chi connectivity index (χ3v) is 5.25. The van der Waals surface area contributed by atoms with Crippen LogP contribution in [0, 0.1) is 0 Å². The molecule has 0 spiro atoms. The highest BCUT2D eigenvalue weighted by Crippen LogP contribution is 2.36. The van der Waals surface area contributed by atoms with E-state index in [0.29, 0.717) is 11.7 Å². The van der Waals surface area contributed by atoms with Gasteiger partial charge in [-0.05, 0) is 31.2 Å². The Hall–Kier alpha value is -2.02. The zero-order valence-electron chi connectivity index (χ0n) is 13.9. The van der Waals surface area contributed by atoms with Gasteiger partial charge in [-0.1, -0.05) is 49.0 Å². The van der Waals surface area contributed by atoms with Crippen LogP contribution < -0.4 is 11.0 Å². The van der Waals surface area contributed by atoms with Crippen molar-refractivity contribution in [3.8, 4) is 0 Å². The molecule has 0 saturated heterocycles. The van der Waals surface area contributed by atoms with Crippen molar-refractivity contribution in [3.05, 3.63) is 46.4 Å². The summed E-state index contributed by atoms with van der Waals surface area (Å²) in [5.74, 6) is 0.211. The van der Waals surface area contributed by atoms with Crippen LogP contribution in [-0.4, -0.2) is 32.5 Å². The first kappa shape index (κ1) is 16.8. The summed E-state index contributed by atoms with van der Waals surface area (Å²) in [7, 11) is 0. The standard InChI is InChI=1S/C17H22N4O2S/c1-11(13-6-4-3-5-7-13)10-18-15(22)12(2)24-17-20-19-16(23)21(17)14-8-9-14/h3-7,11-12,14H,8-10H2,1-2H3,(H,18,22)(H,19,23)/t11-,12+/m1/s1. The van der Waals surface area contributed by atoms with Gasteiger partial charge in [0.05, 0.1) is 5.25 Å². The summed E-state index contributed by atoms with van der Waals surface area (Å²) in [4.78, 5) is 24.1. The van der Waals surface area contributed by atoms with E-state index in [0.717, 1.165) is 12.8 Å². The van der Waals surface area contributed by atoms with E-state index in [1.807, 2.05) is 25.1 Å². The minimum atomic E-state index is -0.305. The predicted molar refractivity (Wildman–Crippen MR) is 94.3 cm³/mol. The lowest BCUT2D eigenvalue weighted by atomic mass is 10.0. The molecule has 1 saturated carbocycles. The van der Waals surface area contributed by atoms with Gasteiger partial charge in [0.2, 0.25) is 5.91 Å². The second kappa shape index (κ2) is 7.25. The van der Waals surface area contributed by atoms with E-state index in [1.165, 1.54) is 17.3 Å². The van der Waals surface area contributed by atoms with Crippen molar-refractivity contribution in [2.45, 2.75) is 49.1 Å². The van der Waals surface area contributed by atoms with Gasteiger partial charge in [-0.2, -0.15) is 0 Å². The molecule has 1 aromatic carbocycles. The van der Waals surface area contributed by atoms with Crippen molar-refractivity contribution in [3.63, 3.8) is 0 Å². The second-order valence-corrected chi connectivity index (χ2v) is 7.54. The summed E-state index contributed by atoms with van der Waals surface area (Å²) in [6.07, 6.45) is 2.00. The largest absolute Gasteiger partial charge is 0.355 e. The molecule has 128 valence electrons. The maximum absolute atomic E-state index is 12.3. The fourth-order valence-electron chi connectivity index (χ4n) is 2.54. The van der Waals surface area contributed by atoms with Gasteiger partial charge in [0.25, 0.3) is 0 Å². The molecule has 0 radical (unpaired) electrons. The molecule has 0 aliphatic heterocycles. The average Bonchev–Trinajstić information content (AvgIpc) is 3.37. The van der Waals surface area contributed by atoms with Gasteiger partial charge >= 0.3 is 5.69 Å². The van der Waals surface area contributed by atoms with Crippen molar-refractivity contribution in [2.75, 3.05) is 6.54 Å². The van der Waals surface area contributed by atoms with Crippen LogP contribution in [0.2, 0.25) is 0 Å².